The summed E-state index contributed by atoms with van der Waals surface area (Å²) in [6, 6.07) is 16.9. The van der Waals surface area contributed by atoms with Gasteiger partial charge in [-0.2, -0.15) is 0 Å². The zero-order valence-electron chi connectivity index (χ0n) is 19.2. The van der Waals surface area contributed by atoms with Crippen LogP contribution in [0.5, 0.6) is 0 Å². The molecule has 32 heavy (non-hydrogen) atoms. The second-order valence-electron chi connectivity index (χ2n) is 8.08. The summed E-state index contributed by atoms with van der Waals surface area (Å²) in [5, 5.41) is 6.86. The maximum Gasteiger partial charge on any atom is 0.191 e. The van der Waals surface area contributed by atoms with Crippen molar-refractivity contribution in [1.29, 1.82) is 0 Å². The lowest BCUT2D eigenvalue weighted by molar-refractivity contribution is 0.0341. The zero-order chi connectivity index (χ0) is 22.2. The summed E-state index contributed by atoms with van der Waals surface area (Å²) in [7, 11) is 0. The molecule has 0 aliphatic carbocycles. The van der Waals surface area contributed by atoms with Crippen molar-refractivity contribution in [2.75, 3.05) is 39.4 Å². The molecule has 0 amide bonds. The predicted octanol–water partition coefficient (Wildman–Crippen LogP) is 2.93. The summed E-state index contributed by atoms with van der Waals surface area (Å²) in [4.78, 5) is 12.0. The van der Waals surface area contributed by atoms with Gasteiger partial charge in [-0.25, -0.2) is 9.98 Å². The van der Waals surface area contributed by atoms with Gasteiger partial charge in [-0.1, -0.05) is 36.4 Å². The first-order chi connectivity index (χ1) is 15.7. The Kier molecular flexibility index (Phi) is 7.74. The number of imidazole rings is 1. The Hall–Kier alpha value is -2.90. The largest absolute Gasteiger partial charge is 0.379 e. The van der Waals surface area contributed by atoms with Crippen molar-refractivity contribution in [3.05, 3.63) is 65.5 Å². The summed E-state index contributed by atoms with van der Waals surface area (Å²) >= 11 is 0. The molecule has 0 radical (unpaired) electrons. The second-order valence-corrected chi connectivity index (χ2v) is 8.08. The molecular weight excluding hydrogens is 400 g/mol. The first kappa shape index (κ1) is 22.3. The van der Waals surface area contributed by atoms with E-state index in [4.69, 9.17) is 9.73 Å². The molecule has 4 rings (SSSR count). The molecule has 7 heteroatoms. The third kappa shape index (κ3) is 5.66. The molecule has 1 fully saturated rings. The normalized spacial score (nSPS) is 15.2. The number of aliphatic imine (C=N–C) groups is 1. The van der Waals surface area contributed by atoms with Crippen LogP contribution >= 0.6 is 0 Å². The number of nitrogens with zero attached hydrogens (tertiary/aromatic N) is 4. The number of morpholine rings is 1. The number of para-hydroxylation sites is 2. The SMILES string of the molecule is CCNC(=NCc1ccccc1CN1CCOCC1)NCCn1c(C)nc2ccccc21. The molecule has 1 saturated heterocycles. The number of aromatic nitrogens is 2. The number of nitrogens with one attached hydrogen (secondary N) is 2. The van der Waals surface area contributed by atoms with E-state index in [1.54, 1.807) is 0 Å². The highest BCUT2D eigenvalue weighted by Crippen LogP contribution is 2.15. The minimum atomic E-state index is 0.656. The van der Waals surface area contributed by atoms with Crippen molar-refractivity contribution in [3.8, 4) is 0 Å². The molecule has 1 aliphatic rings. The van der Waals surface area contributed by atoms with E-state index in [1.165, 1.54) is 16.6 Å². The van der Waals surface area contributed by atoms with E-state index < -0.39 is 0 Å². The van der Waals surface area contributed by atoms with Crippen molar-refractivity contribution in [2.24, 2.45) is 4.99 Å². The standard InChI is InChI=1S/C25H34N6O/c1-3-26-25(27-12-13-31-20(2)29-23-10-6-7-11-24(23)31)28-18-21-8-4-5-9-22(21)19-30-14-16-32-17-15-30/h4-11H,3,12-19H2,1-2H3,(H2,26,27,28). The van der Waals surface area contributed by atoms with Gasteiger partial charge in [0.15, 0.2) is 5.96 Å². The van der Waals surface area contributed by atoms with Crippen LogP contribution in [0.3, 0.4) is 0 Å². The van der Waals surface area contributed by atoms with Gasteiger partial charge in [0.2, 0.25) is 0 Å². The van der Waals surface area contributed by atoms with E-state index in [0.29, 0.717) is 6.54 Å². The average Bonchev–Trinajstić information content (AvgIpc) is 3.14. The fraction of sp³-hybridized carbons (Fsp3) is 0.440. The summed E-state index contributed by atoms with van der Waals surface area (Å²) < 4.78 is 7.74. The monoisotopic (exact) mass is 434 g/mol. The molecule has 2 aromatic carbocycles. The molecule has 170 valence electrons. The van der Waals surface area contributed by atoms with Gasteiger partial charge in [0.05, 0.1) is 30.8 Å². The minimum absolute atomic E-state index is 0.656. The first-order valence-electron chi connectivity index (χ1n) is 11.6. The smallest absolute Gasteiger partial charge is 0.191 e. The molecule has 2 N–H and O–H groups in total. The molecule has 0 spiro atoms. The van der Waals surface area contributed by atoms with Crippen molar-refractivity contribution < 1.29 is 4.74 Å². The summed E-state index contributed by atoms with van der Waals surface area (Å²) in [5.74, 6) is 1.88. The maximum atomic E-state index is 5.48. The van der Waals surface area contributed by atoms with Gasteiger partial charge in [-0.15, -0.1) is 0 Å². The molecular formula is C25H34N6O. The number of ether oxygens (including phenoxy) is 1. The number of fused-ring (bicyclic) bond motifs is 1. The van der Waals surface area contributed by atoms with Gasteiger partial charge in [-0.05, 0) is 37.1 Å². The Balaban J connectivity index is 1.38. The van der Waals surface area contributed by atoms with Crippen LogP contribution in [0.2, 0.25) is 0 Å². The van der Waals surface area contributed by atoms with Gasteiger partial charge in [0, 0.05) is 39.3 Å². The molecule has 0 bridgehead atoms. The van der Waals surface area contributed by atoms with E-state index in [0.717, 1.165) is 69.8 Å². The number of hydrogen-bond donors (Lipinski definition) is 2. The first-order valence-corrected chi connectivity index (χ1v) is 11.6. The van der Waals surface area contributed by atoms with Crippen LogP contribution in [0, 0.1) is 6.92 Å². The Morgan fingerprint density at radius 1 is 1.03 bits per heavy atom. The van der Waals surface area contributed by atoms with Gasteiger partial charge in [-0.3, -0.25) is 4.90 Å². The van der Waals surface area contributed by atoms with Crippen molar-refractivity contribution in [2.45, 2.75) is 33.5 Å². The van der Waals surface area contributed by atoms with Crippen LogP contribution in [-0.2, 0) is 24.4 Å². The van der Waals surface area contributed by atoms with E-state index in [-0.39, 0.29) is 0 Å². The second kappa shape index (κ2) is 11.1. The van der Waals surface area contributed by atoms with Gasteiger partial charge in [0.25, 0.3) is 0 Å². The van der Waals surface area contributed by atoms with Crippen LogP contribution < -0.4 is 10.6 Å². The number of hydrogen-bond acceptors (Lipinski definition) is 4. The van der Waals surface area contributed by atoms with Gasteiger partial charge < -0.3 is 19.9 Å². The lowest BCUT2D eigenvalue weighted by Gasteiger charge is -2.27. The Morgan fingerprint density at radius 2 is 1.78 bits per heavy atom. The Morgan fingerprint density at radius 3 is 2.59 bits per heavy atom. The molecule has 1 aromatic heterocycles. The zero-order valence-corrected chi connectivity index (χ0v) is 19.2. The fourth-order valence-electron chi connectivity index (χ4n) is 4.14. The Labute approximate surface area is 190 Å². The van der Waals surface area contributed by atoms with Crippen molar-refractivity contribution >= 4 is 17.0 Å². The summed E-state index contributed by atoms with van der Waals surface area (Å²) in [5.41, 5.74) is 4.83. The number of rotatable bonds is 8. The van der Waals surface area contributed by atoms with Crippen LogP contribution in [0.25, 0.3) is 11.0 Å². The van der Waals surface area contributed by atoms with Crippen molar-refractivity contribution in [3.63, 3.8) is 0 Å². The van der Waals surface area contributed by atoms with Crippen LogP contribution in [-0.4, -0.2) is 59.8 Å². The van der Waals surface area contributed by atoms with Crippen molar-refractivity contribution in [1.82, 2.24) is 25.1 Å². The van der Waals surface area contributed by atoms with Crippen LogP contribution in [0.15, 0.2) is 53.5 Å². The highest BCUT2D eigenvalue weighted by atomic mass is 16.5. The van der Waals surface area contributed by atoms with Crippen LogP contribution in [0.1, 0.15) is 23.9 Å². The lowest BCUT2D eigenvalue weighted by atomic mass is 10.1. The number of aryl methyl sites for hydroxylation is 1. The third-order valence-electron chi connectivity index (χ3n) is 5.84. The summed E-state index contributed by atoms with van der Waals surface area (Å²) in [6.07, 6.45) is 0. The molecule has 3 aromatic rings. The molecule has 1 aliphatic heterocycles. The van der Waals surface area contributed by atoms with Crippen LogP contribution in [0.4, 0.5) is 0 Å². The average molecular weight is 435 g/mol. The minimum Gasteiger partial charge on any atom is -0.379 e. The van der Waals surface area contributed by atoms with Gasteiger partial charge >= 0.3 is 0 Å². The van der Waals surface area contributed by atoms with Gasteiger partial charge in [0.1, 0.15) is 5.82 Å². The quantitative estimate of drug-likeness (QED) is 0.422. The highest BCUT2D eigenvalue weighted by molar-refractivity contribution is 5.80. The predicted molar refractivity (Wildman–Crippen MR) is 130 cm³/mol. The topological polar surface area (TPSA) is 66.7 Å². The highest BCUT2D eigenvalue weighted by Gasteiger charge is 2.13. The van der Waals surface area contributed by atoms with E-state index in [2.05, 4.69) is 81.4 Å². The molecule has 0 atom stereocenters. The van der Waals surface area contributed by atoms with E-state index in [9.17, 15) is 0 Å². The molecule has 0 saturated carbocycles. The Bertz CT molecular complexity index is 1040. The molecule has 7 nitrogen and oxygen atoms in total. The fourth-order valence-corrected chi connectivity index (χ4v) is 4.14. The third-order valence-corrected chi connectivity index (χ3v) is 5.84. The molecule has 0 unspecified atom stereocenters. The molecule has 2 heterocycles. The summed E-state index contributed by atoms with van der Waals surface area (Å²) in [6.45, 7) is 11.8. The number of guanidine groups is 1. The lowest BCUT2D eigenvalue weighted by Crippen LogP contribution is -2.39. The maximum absolute atomic E-state index is 5.48. The van der Waals surface area contributed by atoms with E-state index >= 15 is 0 Å². The van der Waals surface area contributed by atoms with E-state index in [1.807, 2.05) is 6.07 Å². The number of benzene rings is 2.